The number of hydrogen-bond donors (Lipinski definition) is 0. The van der Waals surface area contributed by atoms with Crippen molar-refractivity contribution in [2.45, 2.75) is 39.3 Å². The summed E-state index contributed by atoms with van der Waals surface area (Å²) in [6, 6.07) is 12.6. The van der Waals surface area contributed by atoms with E-state index in [0.717, 1.165) is 18.1 Å². The zero-order valence-electron chi connectivity index (χ0n) is 15.5. The van der Waals surface area contributed by atoms with Crippen LogP contribution in [0, 0.1) is 0 Å². The summed E-state index contributed by atoms with van der Waals surface area (Å²) in [7, 11) is 3.74. The fraction of sp³-hybridized carbons (Fsp3) is 0.400. The summed E-state index contributed by atoms with van der Waals surface area (Å²) in [5, 5.41) is 6.47. The molecule has 0 unspecified atom stereocenters. The third kappa shape index (κ3) is 4.17. The lowest BCUT2D eigenvalue weighted by Crippen LogP contribution is -2.18. The van der Waals surface area contributed by atoms with E-state index >= 15 is 0 Å². The first kappa shape index (κ1) is 17.4. The maximum absolute atomic E-state index is 5.38. The molecule has 0 aliphatic carbocycles. The molecule has 1 aromatic heterocycles. The summed E-state index contributed by atoms with van der Waals surface area (Å²) in [6.07, 6.45) is 0. The molecular weight excluding hydrogens is 314 g/mol. The molecule has 132 valence electrons. The second-order valence-corrected chi connectivity index (χ2v) is 7.48. The highest BCUT2D eigenvalue weighted by molar-refractivity contribution is 5.84. The molecule has 0 N–H and O–H groups in total. The number of rotatable bonds is 5. The molecule has 0 radical (unpaired) electrons. The van der Waals surface area contributed by atoms with Crippen molar-refractivity contribution in [3.05, 3.63) is 53.7 Å². The Labute approximate surface area is 148 Å². The van der Waals surface area contributed by atoms with Gasteiger partial charge in [-0.05, 0) is 41.6 Å². The minimum atomic E-state index is -0.0975. The van der Waals surface area contributed by atoms with Crippen molar-refractivity contribution < 1.29 is 9.26 Å². The molecule has 0 saturated heterocycles. The molecule has 0 spiro atoms. The first-order valence-corrected chi connectivity index (χ1v) is 8.43. The Bertz CT molecular complexity index is 865. The van der Waals surface area contributed by atoms with E-state index in [1.807, 2.05) is 6.07 Å². The van der Waals surface area contributed by atoms with Crippen molar-refractivity contribution in [1.82, 2.24) is 15.0 Å². The molecule has 25 heavy (non-hydrogen) atoms. The molecule has 5 nitrogen and oxygen atoms in total. The summed E-state index contributed by atoms with van der Waals surface area (Å²) in [5.74, 6) is 2.27. The molecule has 0 aliphatic heterocycles. The highest BCUT2D eigenvalue weighted by atomic mass is 16.5. The van der Waals surface area contributed by atoms with Crippen LogP contribution in [0.3, 0.4) is 0 Å². The van der Waals surface area contributed by atoms with Gasteiger partial charge in [0.15, 0.2) is 5.82 Å². The maximum Gasteiger partial charge on any atom is 0.240 e. The van der Waals surface area contributed by atoms with Crippen LogP contribution >= 0.6 is 0 Å². The van der Waals surface area contributed by atoms with Crippen molar-refractivity contribution in [3.8, 4) is 5.75 Å². The summed E-state index contributed by atoms with van der Waals surface area (Å²) in [4.78, 5) is 6.67. The minimum Gasteiger partial charge on any atom is -0.497 e. The van der Waals surface area contributed by atoms with Gasteiger partial charge in [0, 0.05) is 12.0 Å². The number of nitrogens with zero attached hydrogens (tertiary/aromatic N) is 3. The van der Waals surface area contributed by atoms with Crippen molar-refractivity contribution in [2.75, 3.05) is 14.2 Å². The fourth-order valence-corrected chi connectivity index (χ4v) is 2.72. The second-order valence-electron chi connectivity index (χ2n) is 7.48. The first-order chi connectivity index (χ1) is 11.8. The fourth-order valence-electron chi connectivity index (χ4n) is 2.72. The van der Waals surface area contributed by atoms with Crippen molar-refractivity contribution in [2.24, 2.45) is 0 Å². The van der Waals surface area contributed by atoms with Gasteiger partial charge in [-0.15, -0.1) is 0 Å². The molecular formula is C20H25N3O2. The lowest BCUT2D eigenvalue weighted by molar-refractivity contribution is 0.259. The van der Waals surface area contributed by atoms with Gasteiger partial charge in [0.25, 0.3) is 0 Å². The van der Waals surface area contributed by atoms with Crippen LogP contribution in [0.5, 0.6) is 5.75 Å². The Morgan fingerprint density at radius 3 is 2.44 bits per heavy atom. The largest absolute Gasteiger partial charge is 0.497 e. The Morgan fingerprint density at radius 2 is 1.76 bits per heavy atom. The van der Waals surface area contributed by atoms with Crippen LogP contribution in [0.25, 0.3) is 10.8 Å². The number of ether oxygens (including phenoxy) is 1. The molecule has 2 aromatic carbocycles. The zero-order chi connectivity index (χ0) is 18.0. The van der Waals surface area contributed by atoms with E-state index in [1.165, 1.54) is 16.3 Å². The number of fused-ring (bicyclic) bond motifs is 1. The standard InChI is InChI=1S/C20H25N3O2/c1-20(2,3)19-21-18(25-22-19)13-23(4)12-14-6-7-16-11-17(24-5)9-8-15(16)10-14/h6-11H,12-13H2,1-5H3. The van der Waals surface area contributed by atoms with E-state index < -0.39 is 0 Å². The number of benzene rings is 2. The van der Waals surface area contributed by atoms with Crippen LogP contribution < -0.4 is 4.74 Å². The minimum absolute atomic E-state index is 0.0975. The molecule has 0 saturated carbocycles. The SMILES string of the molecule is COc1ccc2cc(CN(C)Cc3nc(C(C)(C)C)no3)ccc2c1. The highest BCUT2D eigenvalue weighted by Gasteiger charge is 2.21. The Balaban J connectivity index is 1.69. The molecule has 5 heteroatoms. The highest BCUT2D eigenvalue weighted by Crippen LogP contribution is 2.23. The zero-order valence-corrected chi connectivity index (χ0v) is 15.5. The van der Waals surface area contributed by atoms with Crippen molar-refractivity contribution in [1.29, 1.82) is 0 Å². The Morgan fingerprint density at radius 1 is 1.04 bits per heavy atom. The quantitative estimate of drug-likeness (QED) is 0.698. The van der Waals surface area contributed by atoms with Gasteiger partial charge >= 0.3 is 0 Å². The van der Waals surface area contributed by atoms with Gasteiger partial charge in [0.05, 0.1) is 13.7 Å². The van der Waals surface area contributed by atoms with Crippen LogP contribution in [0.4, 0.5) is 0 Å². The lowest BCUT2D eigenvalue weighted by Gasteiger charge is -2.15. The third-order valence-corrected chi connectivity index (χ3v) is 4.11. The van der Waals surface area contributed by atoms with E-state index in [1.54, 1.807) is 7.11 Å². The van der Waals surface area contributed by atoms with Gasteiger partial charge in [-0.2, -0.15) is 4.98 Å². The maximum atomic E-state index is 5.38. The summed E-state index contributed by atoms with van der Waals surface area (Å²) >= 11 is 0. The van der Waals surface area contributed by atoms with Gasteiger partial charge in [0.1, 0.15) is 5.75 Å². The van der Waals surface area contributed by atoms with Crippen LogP contribution in [-0.2, 0) is 18.5 Å². The van der Waals surface area contributed by atoms with E-state index in [4.69, 9.17) is 9.26 Å². The summed E-state index contributed by atoms with van der Waals surface area (Å²) < 4.78 is 10.7. The molecule has 0 atom stereocenters. The molecule has 3 rings (SSSR count). The van der Waals surface area contributed by atoms with Crippen LogP contribution in [0.2, 0.25) is 0 Å². The van der Waals surface area contributed by atoms with Crippen LogP contribution in [0.1, 0.15) is 38.0 Å². The smallest absolute Gasteiger partial charge is 0.240 e. The van der Waals surface area contributed by atoms with Crippen LogP contribution in [-0.4, -0.2) is 29.2 Å². The monoisotopic (exact) mass is 339 g/mol. The lowest BCUT2D eigenvalue weighted by atomic mass is 9.96. The molecule has 0 fully saturated rings. The first-order valence-electron chi connectivity index (χ1n) is 8.43. The average Bonchev–Trinajstić information content (AvgIpc) is 3.03. The third-order valence-electron chi connectivity index (χ3n) is 4.11. The second kappa shape index (κ2) is 6.84. The van der Waals surface area contributed by atoms with Crippen molar-refractivity contribution in [3.63, 3.8) is 0 Å². The molecule has 0 aliphatic rings. The Hall–Kier alpha value is -2.40. The molecule has 0 amide bonds. The van der Waals surface area contributed by atoms with Crippen molar-refractivity contribution >= 4 is 10.8 Å². The molecule has 3 aromatic rings. The predicted molar refractivity (Wildman–Crippen MR) is 98.7 cm³/mol. The average molecular weight is 339 g/mol. The number of aromatic nitrogens is 2. The van der Waals surface area contributed by atoms with E-state index in [0.29, 0.717) is 12.4 Å². The van der Waals surface area contributed by atoms with Crippen LogP contribution in [0.15, 0.2) is 40.9 Å². The topological polar surface area (TPSA) is 51.4 Å². The Kier molecular flexibility index (Phi) is 4.77. The predicted octanol–water partition coefficient (Wildman–Crippen LogP) is 4.16. The van der Waals surface area contributed by atoms with E-state index in [-0.39, 0.29) is 5.41 Å². The number of methoxy groups -OCH3 is 1. The van der Waals surface area contributed by atoms with Gasteiger partial charge in [-0.25, -0.2) is 0 Å². The van der Waals surface area contributed by atoms with Gasteiger partial charge in [0.2, 0.25) is 5.89 Å². The number of hydrogen-bond acceptors (Lipinski definition) is 5. The summed E-state index contributed by atoms with van der Waals surface area (Å²) in [5.41, 5.74) is 1.15. The van der Waals surface area contributed by atoms with E-state index in [9.17, 15) is 0 Å². The van der Waals surface area contributed by atoms with Gasteiger partial charge in [-0.3, -0.25) is 4.90 Å². The van der Waals surface area contributed by atoms with Gasteiger partial charge < -0.3 is 9.26 Å². The summed E-state index contributed by atoms with van der Waals surface area (Å²) in [6.45, 7) is 7.68. The van der Waals surface area contributed by atoms with E-state index in [2.05, 4.69) is 73.2 Å². The van der Waals surface area contributed by atoms with Gasteiger partial charge in [-0.1, -0.05) is 44.1 Å². The molecule has 0 bridgehead atoms. The molecule has 1 heterocycles. The normalized spacial score (nSPS) is 12.1.